The van der Waals surface area contributed by atoms with Crippen LogP contribution in [0, 0.1) is 5.41 Å². The number of carbonyl (C=O) groups excluding carboxylic acids is 1. The number of nitrogens with one attached hydrogen (secondary N) is 2. The molecule has 0 radical (unpaired) electrons. The summed E-state index contributed by atoms with van der Waals surface area (Å²) in [5, 5.41) is 13.4. The smallest absolute Gasteiger partial charge is 0.267 e. The highest BCUT2D eigenvalue weighted by Gasteiger charge is 2.21. The van der Waals surface area contributed by atoms with E-state index >= 15 is 0 Å². The standard InChI is InChI=1S/C31H24N6O3S/c1-3-16-37-26(32)22(18-23-27(37)33-24-11-7-8-17-36(24)31(23)39)29-34-25(19-9-5-4-6-10-19)30(41-29)35-28(38)20-12-14-21(40-2)15-13-20/h3-15,17-18,32H,1,16H2,2H3,(H,35,38). The van der Waals surface area contributed by atoms with Gasteiger partial charge in [-0.25, -0.2) is 9.97 Å². The van der Waals surface area contributed by atoms with Crippen LogP contribution in [-0.4, -0.2) is 32.0 Å². The Labute approximate surface area is 238 Å². The van der Waals surface area contributed by atoms with E-state index in [4.69, 9.17) is 15.1 Å². The van der Waals surface area contributed by atoms with Gasteiger partial charge in [0.15, 0.2) is 0 Å². The quantitative estimate of drug-likeness (QED) is 0.201. The van der Waals surface area contributed by atoms with Crippen molar-refractivity contribution >= 4 is 38.9 Å². The van der Waals surface area contributed by atoms with Gasteiger partial charge in [-0.2, -0.15) is 0 Å². The number of fused-ring (bicyclic) bond motifs is 2. The van der Waals surface area contributed by atoms with E-state index in [0.29, 0.717) is 49.3 Å². The third-order valence-corrected chi connectivity index (χ3v) is 7.62. The second kappa shape index (κ2) is 10.7. The number of hydrogen-bond acceptors (Lipinski definition) is 7. The molecule has 202 valence electrons. The Morgan fingerprint density at radius 1 is 1.07 bits per heavy atom. The molecule has 0 aliphatic heterocycles. The molecular weight excluding hydrogens is 536 g/mol. The first kappa shape index (κ1) is 25.9. The van der Waals surface area contributed by atoms with E-state index in [0.717, 1.165) is 5.56 Å². The van der Waals surface area contributed by atoms with Crippen molar-refractivity contribution in [2.75, 3.05) is 12.4 Å². The van der Waals surface area contributed by atoms with Crippen LogP contribution in [0.2, 0.25) is 0 Å². The number of allylic oxidation sites excluding steroid dienone is 1. The van der Waals surface area contributed by atoms with E-state index in [1.54, 1.807) is 66.4 Å². The number of ether oxygens (including phenoxy) is 1. The second-order valence-electron chi connectivity index (χ2n) is 9.13. The van der Waals surface area contributed by atoms with Crippen LogP contribution in [0.15, 0.2) is 103 Å². The minimum absolute atomic E-state index is 0.131. The first-order valence-electron chi connectivity index (χ1n) is 12.7. The minimum Gasteiger partial charge on any atom is -0.497 e. The van der Waals surface area contributed by atoms with E-state index < -0.39 is 0 Å². The monoisotopic (exact) mass is 560 g/mol. The zero-order chi connectivity index (χ0) is 28.5. The summed E-state index contributed by atoms with van der Waals surface area (Å²) in [6, 6.07) is 23.3. The zero-order valence-electron chi connectivity index (χ0n) is 22.0. The maximum atomic E-state index is 13.5. The van der Waals surface area contributed by atoms with Crippen molar-refractivity contribution < 1.29 is 9.53 Å². The Bertz CT molecular complexity index is 2060. The van der Waals surface area contributed by atoms with Gasteiger partial charge in [0.05, 0.1) is 18.1 Å². The van der Waals surface area contributed by atoms with E-state index in [2.05, 4.69) is 16.9 Å². The average Bonchev–Trinajstić information content (AvgIpc) is 3.42. The SMILES string of the molecule is C=CCn1c(=N)c(-c2nc(-c3ccccc3)c(NC(=O)c3ccc(OC)cc3)s2)cc2c(=O)n3ccccc3nc21. The van der Waals surface area contributed by atoms with Crippen molar-refractivity contribution in [1.82, 2.24) is 18.9 Å². The summed E-state index contributed by atoms with van der Waals surface area (Å²) in [4.78, 5) is 36.3. The number of thiazole rings is 1. The van der Waals surface area contributed by atoms with Gasteiger partial charge in [-0.3, -0.25) is 19.4 Å². The summed E-state index contributed by atoms with van der Waals surface area (Å²) >= 11 is 1.24. The molecule has 0 aliphatic carbocycles. The first-order valence-corrected chi connectivity index (χ1v) is 13.5. The fourth-order valence-electron chi connectivity index (χ4n) is 4.59. The Kier molecular flexibility index (Phi) is 6.74. The lowest BCUT2D eigenvalue weighted by Gasteiger charge is -2.12. The van der Waals surface area contributed by atoms with Crippen LogP contribution in [0.4, 0.5) is 5.00 Å². The fourth-order valence-corrected chi connectivity index (χ4v) is 5.59. The summed E-state index contributed by atoms with van der Waals surface area (Å²) in [6.45, 7) is 4.11. The second-order valence-corrected chi connectivity index (χ2v) is 10.1. The molecule has 6 rings (SSSR count). The van der Waals surface area contributed by atoms with Gasteiger partial charge in [-0.15, -0.1) is 6.58 Å². The number of hydrogen-bond donors (Lipinski definition) is 2. The third kappa shape index (κ3) is 4.70. The number of carbonyl (C=O) groups is 1. The predicted molar refractivity (Wildman–Crippen MR) is 161 cm³/mol. The lowest BCUT2D eigenvalue weighted by molar-refractivity contribution is 0.102. The maximum Gasteiger partial charge on any atom is 0.267 e. The molecule has 4 aromatic heterocycles. The molecule has 9 nitrogen and oxygen atoms in total. The van der Waals surface area contributed by atoms with Crippen molar-refractivity contribution in [3.63, 3.8) is 0 Å². The van der Waals surface area contributed by atoms with Crippen LogP contribution in [0.3, 0.4) is 0 Å². The lowest BCUT2D eigenvalue weighted by atomic mass is 10.1. The van der Waals surface area contributed by atoms with E-state index in [1.807, 2.05) is 36.4 Å². The Balaban J connectivity index is 1.54. The number of pyridine rings is 2. The average molecular weight is 561 g/mol. The summed E-state index contributed by atoms with van der Waals surface area (Å²) in [6.07, 6.45) is 3.33. The molecule has 0 spiro atoms. The van der Waals surface area contributed by atoms with Crippen LogP contribution < -0.4 is 21.1 Å². The molecule has 0 fully saturated rings. The molecule has 6 aromatic rings. The summed E-state index contributed by atoms with van der Waals surface area (Å²) in [7, 11) is 1.57. The van der Waals surface area contributed by atoms with E-state index in [9.17, 15) is 9.59 Å². The number of rotatable bonds is 7. The van der Waals surface area contributed by atoms with Crippen LogP contribution in [0.1, 0.15) is 10.4 Å². The molecule has 2 N–H and O–H groups in total. The molecule has 41 heavy (non-hydrogen) atoms. The highest BCUT2D eigenvalue weighted by Crippen LogP contribution is 2.37. The number of aromatic nitrogens is 4. The number of anilines is 1. The minimum atomic E-state index is -0.305. The van der Waals surface area contributed by atoms with Crippen LogP contribution in [-0.2, 0) is 6.54 Å². The summed E-state index contributed by atoms with van der Waals surface area (Å²) in [5.74, 6) is 0.345. The molecule has 0 saturated carbocycles. The zero-order valence-corrected chi connectivity index (χ0v) is 22.8. The maximum absolute atomic E-state index is 13.5. The number of benzene rings is 2. The van der Waals surface area contributed by atoms with Crippen molar-refractivity contribution in [2.24, 2.45) is 0 Å². The Morgan fingerprint density at radius 2 is 1.83 bits per heavy atom. The number of amides is 1. The largest absolute Gasteiger partial charge is 0.497 e. The molecule has 0 aliphatic rings. The molecule has 1 amide bonds. The van der Waals surface area contributed by atoms with Crippen molar-refractivity contribution in [3.05, 3.63) is 119 Å². The molecule has 0 atom stereocenters. The number of methoxy groups -OCH3 is 1. The number of nitrogens with zero attached hydrogens (tertiary/aromatic N) is 4. The van der Waals surface area contributed by atoms with Crippen LogP contribution in [0.5, 0.6) is 5.75 Å². The van der Waals surface area contributed by atoms with Gasteiger partial charge in [-0.1, -0.05) is 53.8 Å². The molecule has 2 aromatic carbocycles. The van der Waals surface area contributed by atoms with Gasteiger partial charge >= 0.3 is 0 Å². The van der Waals surface area contributed by atoms with Gasteiger partial charge in [0.2, 0.25) is 0 Å². The van der Waals surface area contributed by atoms with Crippen LogP contribution in [0.25, 0.3) is 38.5 Å². The van der Waals surface area contributed by atoms with Gasteiger partial charge in [-0.05, 0) is 42.5 Å². The summed E-state index contributed by atoms with van der Waals surface area (Å²) in [5.41, 5.74) is 3.03. The Morgan fingerprint density at radius 3 is 2.56 bits per heavy atom. The lowest BCUT2D eigenvalue weighted by Crippen LogP contribution is -2.26. The van der Waals surface area contributed by atoms with Crippen molar-refractivity contribution in [3.8, 4) is 27.6 Å². The van der Waals surface area contributed by atoms with Gasteiger partial charge < -0.3 is 14.6 Å². The van der Waals surface area contributed by atoms with Gasteiger partial charge in [0, 0.05) is 23.9 Å². The van der Waals surface area contributed by atoms with Gasteiger partial charge in [0.1, 0.15) is 38.2 Å². The van der Waals surface area contributed by atoms with Crippen molar-refractivity contribution in [1.29, 1.82) is 5.41 Å². The van der Waals surface area contributed by atoms with E-state index in [1.165, 1.54) is 15.7 Å². The van der Waals surface area contributed by atoms with Crippen LogP contribution >= 0.6 is 11.3 Å². The molecule has 10 heteroatoms. The highest BCUT2D eigenvalue weighted by atomic mass is 32.1. The van der Waals surface area contributed by atoms with E-state index in [-0.39, 0.29) is 23.5 Å². The molecule has 4 heterocycles. The molecule has 0 unspecified atom stereocenters. The molecule has 0 saturated heterocycles. The fraction of sp³-hybridized carbons (Fsp3) is 0.0645. The topological polar surface area (TPSA) is 114 Å². The predicted octanol–water partition coefficient (Wildman–Crippen LogP) is 5.37. The Hall–Kier alpha value is -5.35. The molecular formula is C31H24N6O3S. The molecule has 0 bridgehead atoms. The highest BCUT2D eigenvalue weighted by molar-refractivity contribution is 7.19. The summed E-state index contributed by atoms with van der Waals surface area (Å²) < 4.78 is 8.33. The third-order valence-electron chi connectivity index (χ3n) is 6.61. The van der Waals surface area contributed by atoms with Crippen molar-refractivity contribution in [2.45, 2.75) is 6.54 Å². The normalized spacial score (nSPS) is 11.0. The first-order chi connectivity index (χ1) is 20.0. The van der Waals surface area contributed by atoms with Gasteiger partial charge in [0.25, 0.3) is 11.5 Å².